The van der Waals surface area contributed by atoms with E-state index in [0.717, 1.165) is 31.0 Å². The Kier molecular flexibility index (Phi) is 6.45. The van der Waals surface area contributed by atoms with Crippen molar-refractivity contribution < 1.29 is 13.2 Å². The van der Waals surface area contributed by atoms with Gasteiger partial charge in [-0.2, -0.15) is 0 Å². The van der Waals surface area contributed by atoms with Crippen LogP contribution in [0.4, 0.5) is 0 Å². The first-order chi connectivity index (χ1) is 12.8. The summed E-state index contributed by atoms with van der Waals surface area (Å²) in [5.74, 6) is 1.16. The summed E-state index contributed by atoms with van der Waals surface area (Å²) in [5.41, 5.74) is 1.24. The zero-order chi connectivity index (χ0) is 19.4. The van der Waals surface area contributed by atoms with Crippen LogP contribution in [0.3, 0.4) is 0 Å². The van der Waals surface area contributed by atoms with Gasteiger partial charge >= 0.3 is 0 Å². The average Bonchev–Trinajstić information content (AvgIpc) is 2.65. The standard InChI is InChI=1S/C21H26ClNO3S/c1-16(18-6-3-7-19(22)13-18)23-12-4-5-17(14-23)15-26-20-8-10-21(11-9-20)27(2,24)25/h3,6-11,13,16-17H,4-5,12,14-15H2,1-2H3. The van der Waals surface area contributed by atoms with Gasteiger partial charge in [0, 0.05) is 29.8 Å². The van der Waals surface area contributed by atoms with Gasteiger partial charge in [0.15, 0.2) is 9.84 Å². The van der Waals surface area contributed by atoms with Crippen molar-refractivity contribution in [2.75, 3.05) is 26.0 Å². The van der Waals surface area contributed by atoms with Crippen LogP contribution < -0.4 is 4.74 Å². The van der Waals surface area contributed by atoms with Crippen molar-refractivity contribution in [3.05, 3.63) is 59.1 Å². The molecule has 6 heteroatoms. The largest absolute Gasteiger partial charge is 0.493 e. The van der Waals surface area contributed by atoms with Crippen molar-refractivity contribution in [3.8, 4) is 5.75 Å². The Hall–Kier alpha value is -1.56. The van der Waals surface area contributed by atoms with Gasteiger partial charge in [-0.05, 0) is 68.3 Å². The predicted octanol–water partition coefficient (Wildman–Crippen LogP) is 4.60. The molecule has 4 nitrogen and oxygen atoms in total. The Labute approximate surface area is 167 Å². The van der Waals surface area contributed by atoms with Gasteiger partial charge in [0.1, 0.15) is 5.75 Å². The Morgan fingerprint density at radius 2 is 1.96 bits per heavy atom. The highest BCUT2D eigenvalue weighted by Crippen LogP contribution is 2.28. The third-order valence-electron chi connectivity index (χ3n) is 5.17. The molecule has 0 aromatic heterocycles. The molecule has 3 rings (SSSR count). The zero-order valence-corrected chi connectivity index (χ0v) is 17.3. The Morgan fingerprint density at radius 1 is 1.22 bits per heavy atom. The summed E-state index contributed by atoms with van der Waals surface area (Å²) < 4.78 is 29.0. The zero-order valence-electron chi connectivity index (χ0n) is 15.8. The van der Waals surface area contributed by atoms with Gasteiger partial charge in [0.05, 0.1) is 11.5 Å². The fourth-order valence-corrected chi connectivity index (χ4v) is 4.39. The SMILES string of the molecule is CC(c1cccc(Cl)c1)N1CCCC(COc2ccc(S(C)(=O)=O)cc2)C1. The smallest absolute Gasteiger partial charge is 0.175 e. The lowest BCUT2D eigenvalue weighted by atomic mass is 9.96. The normalized spacial score (nSPS) is 19.6. The number of piperidine rings is 1. The first kappa shape index (κ1) is 20.2. The number of halogens is 1. The summed E-state index contributed by atoms with van der Waals surface area (Å²) in [6.07, 6.45) is 3.49. The maximum absolute atomic E-state index is 11.5. The van der Waals surface area contributed by atoms with E-state index in [-0.39, 0.29) is 0 Å². The third kappa shape index (κ3) is 5.47. The van der Waals surface area contributed by atoms with Crippen molar-refractivity contribution in [1.29, 1.82) is 0 Å². The summed E-state index contributed by atoms with van der Waals surface area (Å²) in [5, 5.41) is 0.772. The van der Waals surface area contributed by atoms with Gasteiger partial charge in [-0.3, -0.25) is 4.90 Å². The van der Waals surface area contributed by atoms with E-state index < -0.39 is 9.84 Å². The van der Waals surface area contributed by atoms with E-state index in [1.165, 1.54) is 11.8 Å². The summed E-state index contributed by atoms with van der Waals surface area (Å²) >= 11 is 6.14. The third-order valence-corrected chi connectivity index (χ3v) is 6.53. The van der Waals surface area contributed by atoms with Gasteiger partial charge in [-0.25, -0.2) is 8.42 Å². The molecule has 27 heavy (non-hydrogen) atoms. The number of ether oxygens (including phenoxy) is 1. The van der Waals surface area contributed by atoms with Gasteiger partial charge in [-0.1, -0.05) is 23.7 Å². The molecule has 0 amide bonds. The minimum absolute atomic E-state index is 0.314. The summed E-state index contributed by atoms with van der Waals surface area (Å²) in [6, 6.07) is 15.0. The van der Waals surface area contributed by atoms with Gasteiger partial charge in [0.2, 0.25) is 0 Å². The van der Waals surface area contributed by atoms with E-state index in [1.54, 1.807) is 24.3 Å². The molecule has 1 aliphatic rings. The lowest BCUT2D eigenvalue weighted by molar-refractivity contribution is 0.101. The highest BCUT2D eigenvalue weighted by molar-refractivity contribution is 7.90. The number of likely N-dealkylation sites (tertiary alicyclic amines) is 1. The number of nitrogens with zero attached hydrogens (tertiary/aromatic N) is 1. The first-order valence-electron chi connectivity index (χ1n) is 9.25. The molecule has 2 aromatic carbocycles. The van der Waals surface area contributed by atoms with E-state index in [1.807, 2.05) is 18.2 Å². The monoisotopic (exact) mass is 407 g/mol. The second-order valence-electron chi connectivity index (χ2n) is 7.29. The fourth-order valence-electron chi connectivity index (χ4n) is 3.56. The molecule has 1 heterocycles. The van der Waals surface area contributed by atoms with Crippen molar-refractivity contribution >= 4 is 21.4 Å². The van der Waals surface area contributed by atoms with Crippen LogP contribution >= 0.6 is 11.6 Å². The topological polar surface area (TPSA) is 46.6 Å². The van der Waals surface area contributed by atoms with E-state index in [9.17, 15) is 8.42 Å². The average molecular weight is 408 g/mol. The molecule has 0 spiro atoms. The number of hydrogen-bond acceptors (Lipinski definition) is 4. The van der Waals surface area contributed by atoms with Crippen LogP contribution in [0.15, 0.2) is 53.4 Å². The summed E-state index contributed by atoms with van der Waals surface area (Å²) in [7, 11) is -3.17. The van der Waals surface area contributed by atoms with Crippen LogP contribution in [0.2, 0.25) is 5.02 Å². The van der Waals surface area contributed by atoms with Gasteiger partial charge in [-0.15, -0.1) is 0 Å². The Bertz CT molecular complexity index is 867. The number of sulfone groups is 1. The predicted molar refractivity (Wildman–Crippen MR) is 109 cm³/mol. The van der Waals surface area contributed by atoms with Crippen molar-refractivity contribution in [2.24, 2.45) is 5.92 Å². The van der Waals surface area contributed by atoms with E-state index in [0.29, 0.717) is 29.2 Å². The van der Waals surface area contributed by atoms with Crippen LogP contribution in [0.25, 0.3) is 0 Å². The lowest BCUT2D eigenvalue weighted by Crippen LogP contribution is -2.39. The maximum atomic E-state index is 11.5. The van der Waals surface area contributed by atoms with Gasteiger partial charge in [0.25, 0.3) is 0 Å². The van der Waals surface area contributed by atoms with Crippen molar-refractivity contribution in [1.82, 2.24) is 4.90 Å². The lowest BCUT2D eigenvalue weighted by Gasteiger charge is -2.37. The van der Waals surface area contributed by atoms with Crippen LogP contribution in [0.5, 0.6) is 5.75 Å². The van der Waals surface area contributed by atoms with E-state index in [4.69, 9.17) is 16.3 Å². The van der Waals surface area contributed by atoms with Crippen molar-refractivity contribution in [2.45, 2.75) is 30.7 Å². The highest BCUT2D eigenvalue weighted by atomic mass is 35.5. The molecular weight excluding hydrogens is 382 g/mol. The molecule has 0 aliphatic carbocycles. The first-order valence-corrected chi connectivity index (χ1v) is 11.5. The van der Waals surface area contributed by atoms with Crippen molar-refractivity contribution in [3.63, 3.8) is 0 Å². The van der Waals surface area contributed by atoms with Crippen LogP contribution in [0, 0.1) is 5.92 Å². The minimum Gasteiger partial charge on any atom is -0.493 e. The number of benzene rings is 2. The number of rotatable bonds is 6. The minimum atomic E-state index is -3.17. The Balaban J connectivity index is 1.57. The van der Waals surface area contributed by atoms with E-state index in [2.05, 4.69) is 17.9 Å². The van der Waals surface area contributed by atoms with Gasteiger partial charge < -0.3 is 4.74 Å². The Morgan fingerprint density at radius 3 is 2.63 bits per heavy atom. The molecule has 1 aliphatic heterocycles. The molecule has 2 atom stereocenters. The molecule has 0 radical (unpaired) electrons. The summed E-state index contributed by atoms with van der Waals surface area (Å²) in [6.45, 7) is 4.91. The van der Waals surface area contributed by atoms with Crippen LogP contribution in [-0.2, 0) is 9.84 Å². The molecule has 0 bridgehead atoms. The number of hydrogen-bond donors (Lipinski definition) is 0. The van der Waals surface area contributed by atoms with Crippen LogP contribution in [-0.4, -0.2) is 39.3 Å². The molecule has 146 valence electrons. The molecule has 0 N–H and O–H groups in total. The molecule has 1 fully saturated rings. The fraction of sp³-hybridized carbons (Fsp3) is 0.429. The van der Waals surface area contributed by atoms with Crippen LogP contribution in [0.1, 0.15) is 31.4 Å². The molecule has 0 saturated carbocycles. The second kappa shape index (κ2) is 8.63. The molecular formula is C21H26ClNO3S. The molecule has 2 aromatic rings. The second-order valence-corrected chi connectivity index (χ2v) is 9.74. The highest BCUT2D eigenvalue weighted by Gasteiger charge is 2.25. The molecule has 1 saturated heterocycles. The maximum Gasteiger partial charge on any atom is 0.175 e. The summed E-state index contributed by atoms with van der Waals surface area (Å²) in [4.78, 5) is 2.80. The molecule has 2 unspecified atom stereocenters. The quantitative estimate of drug-likeness (QED) is 0.702. The van der Waals surface area contributed by atoms with E-state index >= 15 is 0 Å².